The summed E-state index contributed by atoms with van der Waals surface area (Å²) in [6.45, 7) is 17.5. The fourth-order valence-corrected chi connectivity index (χ4v) is 2.86. The maximum absolute atomic E-state index is 12.1. The van der Waals surface area contributed by atoms with Crippen molar-refractivity contribution in [3.05, 3.63) is 0 Å². The highest BCUT2D eigenvalue weighted by molar-refractivity contribution is 14.0. The smallest absolute Gasteiger partial charge is 0.410 e. The molecule has 1 saturated heterocycles. The van der Waals surface area contributed by atoms with Crippen LogP contribution in [0.5, 0.6) is 0 Å². The molecule has 1 rings (SSSR count). The molecule has 2 N–H and O–H groups in total. The van der Waals surface area contributed by atoms with Gasteiger partial charge in [-0.25, -0.2) is 4.79 Å². The van der Waals surface area contributed by atoms with Gasteiger partial charge in [-0.05, 0) is 46.6 Å². The van der Waals surface area contributed by atoms with Crippen LogP contribution in [0, 0.1) is 5.92 Å². The van der Waals surface area contributed by atoms with Gasteiger partial charge in [0.15, 0.2) is 5.96 Å². The first kappa shape index (κ1) is 28.2. The third kappa shape index (κ3) is 13.9. The predicted molar refractivity (Wildman–Crippen MR) is 129 cm³/mol. The SMILES string of the molecule is CCNC(=NCC(C)CN(C)C(=O)OC(C)(C)C)NCCCN1CCOCC1.I. The van der Waals surface area contributed by atoms with E-state index in [0.29, 0.717) is 13.1 Å². The van der Waals surface area contributed by atoms with Crippen LogP contribution >= 0.6 is 24.0 Å². The van der Waals surface area contributed by atoms with Crippen LogP contribution in [0.15, 0.2) is 4.99 Å². The predicted octanol–water partition coefficient (Wildman–Crippen LogP) is 2.38. The number of hydrogen-bond donors (Lipinski definition) is 2. The van der Waals surface area contributed by atoms with Gasteiger partial charge in [-0.1, -0.05) is 6.92 Å². The van der Waals surface area contributed by atoms with Gasteiger partial charge < -0.3 is 25.0 Å². The fraction of sp³-hybridized carbons (Fsp3) is 0.900. The number of halogens is 1. The van der Waals surface area contributed by atoms with E-state index < -0.39 is 5.60 Å². The second kappa shape index (κ2) is 15.1. The second-order valence-electron chi connectivity index (χ2n) is 8.42. The molecule has 0 saturated carbocycles. The number of aliphatic imine (C=N–C) groups is 1. The first-order chi connectivity index (χ1) is 13.2. The van der Waals surface area contributed by atoms with E-state index in [1.165, 1.54) is 0 Å². The Bertz CT molecular complexity index is 479. The fourth-order valence-electron chi connectivity index (χ4n) is 2.86. The summed E-state index contributed by atoms with van der Waals surface area (Å²) in [7, 11) is 1.77. The van der Waals surface area contributed by atoms with Crippen molar-refractivity contribution in [1.82, 2.24) is 20.4 Å². The van der Waals surface area contributed by atoms with Gasteiger partial charge in [0.1, 0.15) is 5.60 Å². The van der Waals surface area contributed by atoms with E-state index in [0.717, 1.165) is 58.3 Å². The lowest BCUT2D eigenvalue weighted by atomic mass is 10.2. The highest BCUT2D eigenvalue weighted by Crippen LogP contribution is 2.10. The molecule has 0 aromatic heterocycles. The van der Waals surface area contributed by atoms with E-state index in [9.17, 15) is 4.79 Å². The molecule has 0 bridgehead atoms. The molecule has 1 unspecified atom stereocenters. The number of ether oxygens (including phenoxy) is 2. The Labute approximate surface area is 194 Å². The summed E-state index contributed by atoms with van der Waals surface area (Å²) in [6.07, 6.45) is 0.776. The molecule has 0 spiro atoms. The van der Waals surface area contributed by atoms with Crippen LogP contribution < -0.4 is 10.6 Å². The van der Waals surface area contributed by atoms with Crippen molar-refractivity contribution in [2.24, 2.45) is 10.9 Å². The van der Waals surface area contributed by atoms with Gasteiger partial charge in [0.2, 0.25) is 0 Å². The standard InChI is InChI=1S/C20H41N5O3.HI/c1-7-21-18(22-9-8-10-25-11-13-27-14-12-25)23-15-17(2)16-24(6)19(26)28-20(3,4)5;/h17H,7-16H2,1-6H3,(H2,21,22,23);1H. The Morgan fingerprint density at radius 1 is 1.28 bits per heavy atom. The van der Waals surface area contributed by atoms with E-state index in [1.54, 1.807) is 11.9 Å². The summed E-state index contributed by atoms with van der Waals surface area (Å²) in [6, 6.07) is 0. The Balaban J connectivity index is 0.00000784. The Morgan fingerprint density at radius 3 is 2.52 bits per heavy atom. The number of morpholine rings is 1. The average molecular weight is 527 g/mol. The monoisotopic (exact) mass is 527 g/mol. The van der Waals surface area contributed by atoms with Crippen molar-refractivity contribution in [3.63, 3.8) is 0 Å². The summed E-state index contributed by atoms with van der Waals surface area (Å²) in [5, 5.41) is 6.68. The average Bonchev–Trinajstić information content (AvgIpc) is 2.62. The van der Waals surface area contributed by atoms with Crippen LogP contribution in [0.4, 0.5) is 4.79 Å². The number of nitrogens with zero attached hydrogens (tertiary/aromatic N) is 3. The molecule has 9 heteroatoms. The lowest BCUT2D eigenvalue weighted by Crippen LogP contribution is -2.41. The van der Waals surface area contributed by atoms with Gasteiger partial charge in [-0.3, -0.25) is 9.89 Å². The third-order valence-electron chi connectivity index (χ3n) is 4.24. The van der Waals surface area contributed by atoms with E-state index in [4.69, 9.17) is 9.47 Å². The molecule has 8 nitrogen and oxygen atoms in total. The van der Waals surface area contributed by atoms with Crippen molar-refractivity contribution in [2.75, 3.05) is 66.1 Å². The third-order valence-corrected chi connectivity index (χ3v) is 4.24. The number of carbonyl (C=O) groups excluding carboxylic acids is 1. The first-order valence-corrected chi connectivity index (χ1v) is 10.5. The zero-order chi connectivity index (χ0) is 21.0. The maximum Gasteiger partial charge on any atom is 0.410 e. The largest absolute Gasteiger partial charge is 0.444 e. The molecule has 1 fully saturated rings. The van der Waals surface area contributed by atoms with Crippen molar-refractivity contribution >= 4 is 36.0 Å². The van der Waals surface area contributed by atoms with Crippen LogP contribution in [0.3, 0.4) is 0 Å². The molecule has 0 aromatic rings. The summed E-state index contributed by atoms with van der Waals surface area (Å²) < 4.78 is 10.8. The number of nitrogens with one attached hydrogen (secondary N) is 2. The first-order valence-electron chi connectivity index (χ1n) is 10.5. The normalized spacial score (nSPS) is 16.6. The van der Waals surface area contributed by atoms with Crippen LogP contribution in [0.1, 0.15) is 41.0 Å². The molecule has 0 aliphatic carbocycles. The molecule has 0 radical (unpaired) electrons. The topological polar surface area (TPSA) is 78.4 Å². The molecule has 1 amide bonds. The van der Waals surface area contributed by atoms with E-state index >= 15 is 0 Å². The highest BCUT2D eigenvalue weighted by atomic mass is 127. The Hall–Kier alpha value is -0.810. The quantitative estimate of drug-likeness (QED) is 0.208. The Morgan fingerprint density at radius 2 is 1.93 bits per heavy atom. The lowest BCUT2D eigenvalue weighted by Gasteiger charge is -2.26. The van der Waals surface area contributed by atoms with Crippen LogP contribution in [0.2, 0.25) is 0 Å². The molecule has 1 heterocycles. The molecule has 0 aromatic carbocycles. The van der Waals surface area contributed by atoms with Crippen LogP contribution in [0.25, 0.3) is 0 Å². The molecule has 29 heavy (non-hydrogen) atoms. The van der Waals surface area contributed by atoms with E-state index in [2.05, 4.69) is 34.4 Å². The second-order valence-corrected chi connectivity index (χ2v) is 8.42. The van der Waals surface area contributed by atoms with Crippen molar-refractivity contribution in [3.8, 4) is 0 Å². The lowest BCUT2D eigenvalue weighted by molar-refractivity contribution is 0.0278. The molecule has 1 atom stereocenters. The summed E-state index contributed by atoms with van der Waals surface area (Å²) in [5.74, 6) is 1.07. The minimum atomic E-state index is -0.476. The summed E-state index contributed by atoms with van der Waals surface area (Å²) >= 11 is 0. The van der Waals surface area contributed by atoms with Crippen LogP contribution in [-0.4, -0.2) is 93.5 Å². The molecule has 1 aliphatic rings. The number of amides is 1. The Kier molecular flexibility index (Phi) is 14.6. The molecule has 172 valence electrons. The summed E-state index contributed by atoms with van der Waals surface area (Å²) in [5.41, 5.74) is -0.476. The van der Waals surface area contributed by atoms with Gasteiger partial charge in [-0.15, -0.1) is 24.0 Å². The number of carbonyl (C=O) groups is 1. The van der Waals surface area contributed by atoms with Crippen molar-refractivity contribution in [1.29, 1.82) is 0 Å². The van der Waals surface area contributed by atoms with E-state index in [-0.39, 0.29) is 36.0 Å². The number of hydrogen-bond acceptors (Lipinski definition) is 5. The van der Waals surface area contributed by atoms with Gasteiger partial charge in [-0.2, -0.15) is 0 Å². The van der Waals surface area contributed by atoms with Crippen LogP contribution in [-0.2, 0) is 9.47 Å². The van der Waals surface area contributed by atoms with Gasteiger partial charge >= 0.3 is 6.09 Å². The minimum Gasteiger partial charge on any atom is -0.444 e. The molecular weight excluding hydrogens is 485 g/mol. The van der Waals surface area contributed by atoms with Crippen molar-refractivity contribution in [2.45, 2.75) is 46.6 Å². The maximum atomic E-state index is 12.1. The van der Waals surface area contributed by atoms with Gasteiger partial charge in [0, 0.05) is 46.3 Å². The summed E-state index contributed by atoms with van der Waals surface area (Å²) in [4.78, 5) is 20.8. The highest BCUT2D eigenvalue weighted by Gasteiger charge is 2.20. The van der Waals surface area contributed by atoms with Gasteiger partial charge in [0.05, 0.1) is 13.2 Å². The van der Waals surface area contributed by atoms with E-state index in [1.807, 2.05) is 20.8 Å². The van der Waals surface area contributed by atoms with Gasteiger partial charge in [0.25, 0.3) is 0 Å². The van der Waals surface area contributed by atoms with Crippen molar-refractivity contribution < 1.29 is 14.3 Å². The number of guanidine groups is 1. The minimum absolute atomic E-state index is 0. The molecule has 1 aliphatic heterocycles. The zero-order valence-electron chi connectivity index (χ0n) is 19.1. The zero-order valence-corrected chi connectivity index (χ0v) is 21.5. The number of rotatable bonds is 9. The molecular formula is C20H42IN5O3.